The summed E-state index contributed by atoms with van der Waals surface area (Å²) >= 11 is 1.87. The number of hydrogen-bond donors (Lipinski definition) is 1. The third-order valence-corrected chi connectivity index (χ3v) is 5.14. The van der Waals surface area contributed by atoms with E-state index >= 15 is 0 Å². The Hall–Kier alpha value is -0.610. The first-order chi connectivity index (χ1) is 9.29. The predicted molar refractivity (Wildman–Crippen MR) is 88.8 cm³/mol. The molecule has 0 amide bonds. The molecule has 0 spiro atoms. The molecule has 1 aliphatic rings. The van der Waals surface area contributed by atoms with E-state index in [2.05, 4.69) is 51.9 Å². The molecule has 1 aromatic heterocycles. The Bertz CT molecular complexity index is 441. The second kappa shape index (κ2) is 6.02. The van der Waals surface area contributed by atoms with Crippen LogP contribution in [0.2, 0.25) is 0 Å². The highest BCUT2D eigenvalue weighted by Crippen LogP contribution is 2.36. The van der Waals surface area contributed by atoms with Crippen LogP contribution in [0.4, 0.5) is 5.13 Å². The summed E-state index contributed by atoms with van der Waals surface area (Å²) in [4.78, 5) is 8.75. The molecule has 4 heteroatoms. The molecule has 0 radical (unpaired) electrons. The molecule has 1 aromatic rings. The third kappa shape index (κ3) is 3.53. The average Bonchev–Trinajstić information content (AvgIpc) is 2.67. The summed E-state index contributed by atoms with van der Waals surface area (Å²) in [5, 5.41) is 4.73. The van der Waals surface area contributed by atoms with Crippen LogP contribution in [0.25, 0.3) is 0 Å². The van der Waals surface area contributed by atoms with Gasteiger partial charge in [0.2, 0.25) is 0 Å². The first kappa shape index (κ1) is 15.8. The Labute approximate surface area is 127 Å². The van der Waals surface area contributed by atoms with Crippen molar-refractivity contribution in [2.75, 3.05) is 11.9 Å². The lowest BCUT2D eigenvalue weighted by atomic mass is 9.91. The van der Waals surface area contributed by atoms with Gasteiger partial charge in [0.15, 0.2) is 5.13 Å². The van der Waals surface area contributed by atoms with Crippen LogP contribution in [-0.4, -0.2) is 24.1 Å². The van der Waals surface area contributed by atoms with Gasteiger partial charge in [-0.3, -0.25) is 0 Å². The van der Waals surface area contributed by atoms with Crippen LogP contribution in [0.15, 0.2) is 0 Å². The van der Waals surface area contributed by atoms with E-state index in [1.54, 1.807) is 0 Å². The molecule has 0 bridgehead atoms. The number of thiazole rings is 1. The second-order valence-electron chi connectivity index (χ2n) is 7.25. The van der Waals surface area contributed by atoms with Crippen molar-refractivity contribution >= 4 is 16.5 Å². The molecule has 0 aliphatic heterocycles. The van der Waals surface area contributed by atoms with Crippen molar-refractivity contribution in [3.8, 4) is 0 Å². The summed E-state index contributed by atoms with van der Waals surface area (Å²) < 4.78 is 0. The van der Waals surface area contributed by atoms with E-state index in [9.17, 15) is 0 Å². The minimum Gasteiger partial charge on any atom is -0.348 e. The number of aromatic nitrogens is 1. The first-order valence-electron chi connectivity index (χ1n) is 7.75. The van der Waals surface area contributed by atoms with E-state index in [-0.39, 0.29) is 5.41 Å². The molecule has 2 rings (SSSR count). The summed E-state index contributed by atoms with van der Waals surface area (Å²) in [7, 11) is 2.20. The van der Waals surface area contributed by atoms with Crippen LogP contribution >= 0.6 is 11.3 Å². The third-order valence-electron chi connectivity index (χ3n) is 3.99. The molecule has 0 saturated heterocycles. The van der Waals surface area contributed by atoms with Crippen molar-refractivity contribution in [2.24, 2.45) is 0 Å². The largest absolute Gasteiger partial charge is 0.348 e. The molecule has 1 heterocycles. The minimum atomic E-state index is 0.114. The monoisotopic (exact) mass is 295 g/mol. The maximum atomic E-state index is 4.97. The van der Waals surface area contributed by atoms with Gasteiger partial charge >= 0.3 is 0 Å². The molecule has 1 N–H and O–H groups in total. The summed E-state index contributed by atoms with van der Waals surface area (Å²) in [5.74, 6) is 0. The number of nitrogens with one attached hydrogen (secondary N) is 1. The topological polar surface area (TPSA) is 28.2 Å². The van der Waals surface area contributed by atoms with E-state index in [1.807, 2.05) is 11.3 Å². The predicted octanol–water partition coefficient (Wildman–Crippen LogP) is 3.93. The van der Waals surface area contributed by atoms with Crippen molar-refractivity contribution in [1.82, 2.24) is 10.3 Å². The Morgan fingerprint density at radius 1 is 1.35 bits per heavy atom. The zero-order chi connectivity index (χ0) is 14.9. The van der Waals surface area contributed by atoms with Crippen molar-refractivity contribution in [3.63, 3.8) is 0 Å². The van der Waals surface area contributed by atoms with E-state index in [4.69, 9.17) is 4.98 Å². The van der Waals surface area contributed by atoms with Gasteiger partial charge < -0.3 is 10.2 Å². The first-order valence-corrected chi connectivity index (χ1v) is 8.57. The van der Waals surface area contributed by atoms with Crippen LogP contribution in [0.5, 0.6) is 0 Å². The molecule has 1 aliphatic carbocycles. The molecule has 3 nitrogen and oxygen atoms in total. The standard InChI is InChI=1S/C16H29N3S/c1-11(2)17-10-13-14(16(3,4)5)18-15(20-13)19(6)12-8-7-9-12/h11-12,17H,7-10H2,1-6H3. The molecular weight excluding hydrogens is 266 g/mol. The van der Waals surface area contributed by atoms with Crippen molar-refractivity contribution in [3.05, 3.63) is 10.6 Å². The van der Waals surface area contributed by atoms with Crippen LogP contribution in [-0.2, 0) is 12.0 Å². The van der Waals surface area contributed by atoms with E-state index in [1.165, 1.54) is 35.0 Å². The van der Waals surface area contributed by atoms with Gasteiger partial charge in [-0.1, -0.05) is 34.6 Å². The molecule has 1 saturated carbocycles. The van der Waals surface area contributed by atoms with E-state index in [0.29, 0.717) is 12.1 Å². The maximum Gasteiger partial charge on any atom is 0.185 e. The zero-order valence-electron chi connectivity index (χ0n) is 13.8. The fourth-order valence-corrected chi connectivity index (χ4v) is 3.68. The number of nitrogens with zero attached hydrogens (tertiary/aromatic N) is 2. The Balaban J connectivity index is 2.21. The lowest BCUT2D eigenvalue weighted by Crippen LogP contribution is -2.37. The van der Waals surface area contributed by atoms with Crippen molar-refractivity contribution in [1.29, 1.82) is 0 Å². The summed E-state index contributed by atoms with van der Waals surface area (Å²) in [6.07, 6.45) is 4.01. The van der Waals surface area contributed by atoms with E-state index < -0.39 is 0 Å². The second-order valence-corrected chi connectivity index (χ2v) is 8.31. The van der Waals surface area contributed by atoms with Crippen LogP contribution in [0.3, 0.4) is 0 Å². The van der Waals surface area contributed by atoms with Crippen molar-refractivity contribution < 1.29 is 0 Å². The van der Waals surface area contributed by atoms with Crippen LogP contribution < -0.4 is 10.2 Å². The molecular formula is C16H29N3S. The smallest absolute Gasteiger partial charge is 0.185 e. The number of anilines is 1. The molecule has 114 valence electrons. The maximum absolute atomic E-state index is 4.97. The number of hydrogen-bond acceptors (Lipinski definition) is 4. The SMILES string of the molecule is CC(C)NCc1sc(N(C)C2CCC2)nc1C(C)(C)C. The van der Waals surface area contributed by atoms with Gasteiger partial charge in [-0.2, -0.15) is 0 Å². The van der Waals surface area contributed by atoms with Crippen LogP contribution in [0, 0.1) is 0 Å². The highest BCUT2D eigenvalue weighted by Gasteiger charge is 2.28. The van der Waals surface area contributed by atoms with Gasteiger partial charge in [0, 0.05) is 36.0 Å². The van der Waals surface area contributed by atoms with Gasteiger partial charge in [-0.05, 0) is 19.3 Å². The fraction of sp³-hybridized carbons (Fsp3) is 0.812. The minimum absolute atomic E-state index is 0.114. The molecule has 1 fully saturated rings. The van der Waals surface area contributed by atoms with Crippen molar-refractivity contribution in [2.45, 2.75) is 77.9 Å². The summed E-state index contributed by atoms with van der Waals surface area (Å²) in [6, 6.07) is 1.22. The Morgan fingerprint density at radius 3 is 2.45 bits per heavy atom. The Morgan fingerprint density at radius 2 is 2.00 bits per heavy atom. The van der Waals surface area contributed by atoms with Gasteiger partial charge in [0.25, 0.3) is 0 Å². The normalized spacial score (nSPS) is 16.6. The highest BCUT2D eigenvalue weighted by atomic mass is 32.1. The molecule has 0 unspecified atom stereocenters. The number of rotatable bonds is 5. The van der Waals surface area contributed by atoms with E-state index in [0.717, 1.165) is 6.54 Å². The van der Waals surface area contributed by atoms with Gasteiger partial charge in [0.1, 0.15) is 0 Å². The molecule has 0 atom stereocenters. The summed E-state index contributed by atoms with van der Waals surface area (Å²) in [5.41, 5.74) is 1.38. The van der Waals surface area contributed by atoms with Gasteiger partial charge in [0.05, 0.1) is 5.69 Å². The lowest BCUT2D eigenvalue weighted by Gasteiger charge is -2.34. The highest BCUT2D eigenvalue weighted by molar-refractivity contribution is 7.15. The molecule has 0 aromatic carbocycles. The van der Waals surface area contributed by atoms with Gasteiger partial charge in [-0.15, -0.1) is 11.3 Å². The summed E-state index contributed by atoms with van der Waals surface area (Å²) in [6.45, 7) is 12.1. The van der Waals surface area contributed by atoms with Crippen LogP contribution in [0.1, 0.15) is 64.5 Å². The molecule has 20 heavy (non-hydrogen) atoms. The zero-order valence-corrected chi connectivity index (χ0v) is 14.6. The average molecular weight is 295 g/mol. The quantitative estimate of drug-likeness (QED) is 0.892. The lowest BCUT2D eigenvalue weighted by molar-refractivity contribution is 0.400. The Kier molecular flexibility index (Phi) is 4.75. The fourth-order valence-electron chi connectivity index (χ4n) is 2.42. The van der Waals surface area contributed by atoms with Gasteiger partial charge in [-0.25, -0.2) is 4.98 Å².